The normalized spacial score (nSPS) is 23.9. The molecule has 0 unspecified atom stereocenters. The third-order valence-corrected chi connectivity index (χ3v) is 7.25. The van der Waals surface area contributed by atoms with Crippen LogP contribution in [0.4, 0.5) is 5.69 Å². The van der Waals surface area contributed by atoms with E-state index in [2.05, 4.69) is 46.0 Å². The molecule has 2 heterocycles. The lowest BCUT2D eigenvalue weighted by molar-refractivity contribution is 0.0342. The van der Waals surface area contributed by atoms with Gasteiger partial charge in [-0.15, -0.1) is 0 Å². The summed E-state index contributed by atoms with van der Waals surface area (Å²) in [5.41, 5.74) is 2.83. The van der Waals surface area contributed by atoms with E-state index in [1.54, 1.807) is 0 Å². The molecule has 0 amide bonds. The van der Waals surface area contributed by atoms with Crippen molar-refractivity contribution < 1.29 is 4.74 Å². The van der Waals surface area contributed by atoms with Crippen LogP contribution in [0.3, 0.4) is 0 Å². The molecule has 0 radical (unpaired) electrons. The highest BCUT2D eigenvalue weighted by Gasteiger charge is 2.27. The third-order valence-electron chi connectivity index (χ3n) is 7.25. The molecule has 2 saturated heterocycles. The molecule has 4 heteroatoms. The molecule has 3 aliphatic rings. The van der Waals surface area contributed by atoms with Crippen LogP contribution in [0.25, 0.3) is 0 Å². The molecule has 0 N–H and O–H groups in total. The molecular formula is C24H39N3O. The molecule has 0 atom stereocenters. The zero-order valence-electron chi connectivity index (χ0n) is 17.8. The molecule has 0 aromatic heterocycles. The Labute approximate surface area is 171 Å². The summed E-state index contributed by atoms with van der Waals surface area (Å²) in [7, 11) is 2.40. The maximum absolute atomic E-state index is 5.45. The average molecular weight is 386 g/mol. The molecule has 1 saturated carbocycles. The van der Waals surface area contributed by atoms with Gasteiger partial charge < -0.3 is 14.5 Å². The van der Waals surface area contributed by atoms with E-state index < -0.39 is 0 Å². The summed E-state index contributed by atoms with van der Waals surface area (Å²) >= 11 is 0. The molecule has 1 aliphatic carbocycles. The quantitative estimate of drug-likeness (QED) is 0.709. The molecule has 3 fully saturated rings. The number of hydrogen-bond donors (Lipinski definition) is 0. The van der Waals surface area contributed by atoms with Crippen LogP contribution in [0.5, 0.6) is 0 Å². The maximum Gasteiger partial charge on any atom is 0.0594 e. The van der Waals surface area contributed by atoms with Crippen molar-refractivity contribution in [2.24, 2.45) is 0 Å². The van der Waals surface area contributed by atoms with E-state index in [1.807, 2.05) is 0 Å². The Morgan fingerprint density at radius 2 is 1.43 bits per heavy atom. The summed E-state index contributed by atoms with van der Waals surface area (Å²) in [6.07, 6.45) is 11.2. The van der Waals surface area contributed by atoms with Crippen LogP contribution in [0, 0.1) is 0 Å². The van der Waals surface area contributed by atoms with Crippen LogP contribution >= 0.6 is 0 Å². The van der Waals surface area contributed by atoms with Crippen LogP contribution in [-0.4, -0.2) is 68.3 Å². The number of rotatable bonds is 5. The lowest BCUT2D eigenvalue weighted by Crippen LogP contribution is -2.47. The van der Waals surface area contributed by atoms with Gasteiger partial charge in [0, 0.05) is 50.5 Å². The van der Waals surface area contributed by atoms with Gasteiger partial charge in [-0.25, -0.2) is 0 Å². The molecular weight excluding hydrogens is 346 g/mol. The highest BCUT2D eigenvalue weighted by Crippen LogP contribution is 2.28. The van der Waals surface area contributed by atoms with Crippen molar-refractivity contribution in [3.8, 4) is 0 Å². The highest BCUT2D eigenvalue weighted by molar-refractivity contribution is 5.48. The average Bonchev–Trinajstić information content (AvgIpc) is 3.04. The molecule has 1 aromatic carbocycles. The summed E-state index contributed by atoms with van der Waals surface area (Å²) < 4.78 is 5.45. The minimum Gasteiger partial charge on any atom is -0.379 e. The Hall–Kier alpha value is -1.10. The lowest BCUT2D eigenvalue weighted by Gasteiger charge is -2.41. The van der Waals surface area contributed by atoms with E-state index >= 15 is 0 Å². The number of morpholine rings is 1. The monoisotopic (exact) mass is 385 g/mol. The molecule has 156 valence electrons. The van der Waals surface area contributed by atoms with Crippen molar-refractivity contribution in [1.29, 1.82) is 0 Å². The van der Waals surface area contributed by atoms with Gasteiger partial charge in [-0.05, 0) is 50.4 Å². The van der Waals surface area contributed by atoms with E-state index in [0.717, 1.165) is 44.9 Å². The third kappa shape index (κ3) is 5.28. The summed E-state index contributed by atoms with van der Waals surface area (Å²) in [4.78, 5) is 7.83. The van der Waals surface area contributed by atoms with Gasteiger partial charge in [0.25, 0.3) is 0 Å². The van der Waals surface area contributed by atoms with Gasteiger partial charge in [-0.1, -0.05) is 37.8 Å². The van der Waals surface area contributed by atoms with Crippen molar-refractivity contribution in [3.63, 3.8) is 0 Å². The first-order valence-electron chi connectivity index (χ1n) is 11.7. The van der Waals surface area contributed by atoms with Crippen molar-refractivity contribution in [3.05, 3.63) is 29.8 Å². The van der Waals surface area contributed by atoms with Crippen LogP contribution in [0.1, 0.15) is 56.9 Å². The molecule has 28 heavy (non-hydrogen) atoms. The van der Waals surface area contributed by atoms with Crippen molar-refractivity contribution in [1.82, 2.24) is 9.80 Å². The van der Waals surface area contributed by atoms with E-state index in [-0.39, 0.29) is 0 Å². The maximum atomic E-state index is 5.45. The molecule has 4 nitrogen and oxygen atoms in total. The predicted molar refractivity (Wildman–Crippen MR) is 117 cm³/mol. The molecule has 4 rings (SSSR count). The van der Waals surface area contributed by atoms with Crippen molar-refractivity contribution in [2.45, 2.75) is 70.0 Å². The minimum atomic E-state index is 0.778. The van der Waals surface area contributed by atoms with Gasteiger partial charge >= 0.3 is 0 Å². The lowest BCUT2D eigenvalue weighted by atomic mass is 9.98. The van der Waals surface area contributed by atoms with Crippen molar-refractivity contribution >= 4 is 5.69 Å². The SMILES string of the molecule is CN(C1CCCCCC1)C1CCN(c2ccc(CN3CCOCC3)cc2)CC1. The fraction of sp³-hybridized carbons (Fsp3) is 0.750. The second-order valence-electron chi connectivity index (χ2n) is 9.08. The number of anilines is 1. The molecule has 2 aliphatic heterocycles. The van der Waals surface area contributed by atoms with Crippen LogP contribution in [0.2, 0.25) is 0 Å². The van der Waals surface area contributed by atoms with E-state index in [4.69, 9.17) is 4.74 Å². The Kier molecular flexibility index (Phi) is 7.27. The van der Waals surface area contributed by atoms with E-state index in [1.165, 1.54) is 75.7 Å². The van der Waals surface area contributed by atoms with Gasteiger partial charge in [0.1, 0.15) is 0 Å². The summed E-state index contributed by atoms with van der Waals surface area (Å²) in [5, 5.41) is 0. The topological polar surface area (TPSA) is 19.0 Å². The minimum absolute atomic E-state index is 0.778. The second kappa shape index (κ2) is 10.1. The Morgan fingerprint density at radius 1 is 0.821 bits per heavy atom. The zero-order valence-corrected chi connectivity index (χ0v) is 17.8. The van der Waals surface area contributed by atoms with Gasteiger partial charge in [-0.2, -0.15) is 0 Å². The van der Waals surface area contributed by atoms with E-state index in [9.17, 15) is 0 Å². The van der Waals surface area contributed by atoms with E-state index in [0.29, 0.717) is 0 Å². The Balaban J connectivity index is 1.26. The number of benzene rings is 1. The zero-order chi connectivity index (χ0) is 19.2. The standard InChI is InChI=1S/C24H39N3O/c1-25(22-6-4-2-3-5-7-22)23-12-14-27(15-13-23)24-10-8-21(9-11-24)20-26-16-18-28-19-17-26/h8-11,22-23H,2-7,12-20H2,1H3. The number of hydrogen-bond acceptors (Lipinski definition) is 4. The first-order valence-corrected chi connectivity index (χ1v) is 11.7. The first kappa shape index (κ1) is 20.2. The first-order chi connectivity index (χ1) is 13.8. The Bertz CT molecular complexity index is 568. The van der Waals surface area contributed by atoms with Gasteiger partial charge in [-0.3, -0.25) is 4.90 Å². The second-order valence-corrected chi connectivity index (χ2v) is 9.08. The summed E-state index contributed by atoms with van der Waals surface area (Å²) in [5.74, 6) is 0. The molecule has 0 bridgehead atoms. The fourth-order valence-corrected chi connectivity index (χ4v) is 5.32. The summed E-state index contributed by atoms with van der Waals surface area (Å²) in [6, 6.07) is 10.9. The van der Waals surface area contributed by atoms with Crippen LogP contribution in [-0.2, 0) is 11.3 Å². The van der Waals surface area contributed by atoms with Crippen LogP contribution in [0.15, 0.2) is 24.3 Å². The number of ether oxygens (including phenoxy) is 1. The van der Waals surface area contributed by atoms with Crippen LogP contribution < -0.4 is 4.90 Å². The number of nitrogens with zero attached hydrogens (tertiary/aromatic N) is 3. The van der Waals surface area contributed by atoms with Crippen molar-refractivity contribution in [2.75, 3.05) is 51.3 Å². The number of piperidine rings is 1. The molecule has 0 spiro atoms. The fourth-order valence-electron chi connectivity index (χ4n) is 5.32. The predicted octanol–water partition coefficient (Wildman–Crippen LogP) is 4.14. The van der Waals surface area contributed by atoms with Gasteiger partial charge in [0.15, 0.2) is 0 Å². The highest BCUT2D eigenvalue weighted by atomic mass is 16.5. The largest absolute Gasteiger partial charge is 0.379 e. The molecule has 1 aromatic rings. The Morgan fingerprint density at radius 3 is 2.07 bits per heavy atom. The summed E-state index contributed by atoms with van der Waals surface area (Å²) in [6.45, 7) is 7.32. The van der Waals surface area contributed by atoms with Gasteiger partial charge in [0.05, 0.1) is 13.2 Å². The van der Waals surface area contributed by atoms with Gasteiger partial charge in [0.2, 0.25) is 0 Å². The smallest absolute Gasteiger partial charge is 0.0594 e.